The van der Waals surface area contributed by atoms with Gasteiger partial charge in [0.25, 0.3) is 0 Å². The molecule has 1 saturated heterocycles. The van der Waals surface area contributed by atoms with E-state index in [1.54, 1.807) is 4.90 Å². The van der Waals surface area contributed by atoms with Crippen LogP contribution in [0, 0.1) is 3.57 Å². The number of hydrogen-bond donors (Lipinski definition) is 1. The van der Waals surface area contributed by atoms with Gasteiger partial charge >= 0.3 is 0 Å². The molecule has 2 amide bonds. The second-order valence-electron chi connectivity index (χ2n) is 4.63. The Morgan fingerprint density at radius 2 is 2.00 bits per heavy atom. The van der Waals surface area contributed by atoms with Gasteiger partial charge in [0.15, 0.2) is 0 Å². The summed E-state index contributed by atoms with van der Waals surface area (Å²) in [6, 6.07) is 7.41. The van der Waals surface area contributed by atoms with Crippen molar-refractivity contribution in [3.8, 4) is 0 Å². The lowest BCUT2D eigenvalue weighted by atomic mass is 10.1. The zero-order chi connectivity index (χ0) is 13.8. The number of rotatable bonds is 3. The number of halogens is 1. The van der Waals surface area contributed by atoms with Crippen LogP contribution in [0.2, 0.25) is 0 Å². The van der Waals surface area contributed by atoms with Crippen LogP contribution in [0.15, 0.2) is 24.3 Å². The molecule has 1 aromatic rings. The highest BCUT2D eigenvalue weighted by atomic mass is 127. The van der Waals surface area contributed by atoms with Gasteiger partial charge in [-0.05, 0) is 53.3 Å². The van der Waals surface area contributed by atoms with Crippen LogP contribution in [-0.2, 0) is 9.59 Å². The van der Waals surface area contributed by atoms with Gasteiger partial charge in [-0.2, -0.15) is 0 Å². The molecule has 19 heavy (non-hydrogen) atoms. The van der Waals surface area contributed by atoms with E-state index in [0.29, 0.717) is 19.4 Å². The molecule has 0 radical (unpaired) electrons. The third kappa shape index (κ3) is 3.46. The van der Waals surface area contributed by atoms with Crippen molar-refractivity contribution in [2.75, 3.05) is 11.4 Å². The van der Waals surface area contributed by atoms with Gasteiger partial charge < -0.3 is 10.2 Å². The van der Waals surface area contributed by atoms with Gasteiger partial charge in [0, 0.05) is 22.2 Å². The van der Waals surface area contributed by atoms with Crippen LogP contribution in [0.3, 0.4) is 0 Å². The highest BCUT2D eigenvalue weighted by Crippen LogP contribution is 2.20. The van der Waals surface area contributed by atoms with Crippen LogP contribution in [0.25, 0.3) is 0 Å². The molecular weight excluding hydrogens is 355 g/mol. The van der Waals surface area contributed by atoms with E-state index >= 15 is 0 Å². The van der Waals surface area contributed by atoms with E-state index in [9.17, 15) is 9.59 Å². The van der Waals surface area contributed by atoms with Crippen LogP contribution in [0.5, 0.6) is 0 Å². The van der Waals surface area contributed by atoms with E-state index in [1.165, 1.54) is 0 Å². The molecule has 1 N–H and O–H groups in total. The molecular formula is C14H17IN2O2. The van der Waals surface area contributed by atoms with E-state index in [1.807, 2.05) is 31.2 Å². The molecule has 1 unspecified atom stereocenters. The van der Waals surface area contributed by atoms with Crippen molar-refractivity contribution in [2.45, 2.75) is 32.2 Å². The van der Waals surface area contributed by atoms with Crippen LogP contribution >= 0.6 is 22.6 Å². The van der Waals surface area contributed by atoms with E-state index < -0.39 is 0 Å². The number of benzene rings is 1. The molecule has 102 valence electrons. The summed E-state index contributed by atoms with van der Waals surface area (Å²) in [5.41, 5.74) is 0.864. The Labute approximate surface area is 126 Å². The zero-order valence-electron chi connectivity index (χ0n) is 10.9. The summed E-state index contributed by atoms with van der Waals surface area (Å²) in [6.07, 6.45) is 1.92. The minimum atomic E-state index is -0.390. The second-order valence-corrected chi connectivity index (χ2v) is 5.87. The number of carbonyl (C=O) groups excluding carboxylic acids is 2. The molecule has 4 nitrogen and oxygen atoms in total. The average molecular weight is 372 g/mol. The Kier molecular flexibility index (Phi) is 4.79. The fourth-order valence-electron chi connectivity index (χ4n) is 2.20. The molecule has 1 aliphatic heterocycles. The number of nitrogens with one attached hydrogen (secondary N) is 1. The molecule has 1 fully saturated rings. The maximum atomic E-state index is 12.5. The van der Waals surface area contributed by atoms with Crippen molar-refractivity contribution < 1.29 is 9.59 Å². The standard InChI is InChI=1S/C14H17IN2O2/c1-2-3-12-14(19)17(9-8-13(18)16-12)11-6-4-10(15)5-7-11/h4-7,12H,2-3,8-9H2,1H3,(H,16,18). The highest BCUT2D eigenvalue weighted by Gasteiger charge is 2.29. The predicted octanol–water partition coefficient (Wildman–Crippen LogP) is 2.31. The molecule has 2 rings (SSSR count). The first-order valence-electron chi connectivity index (χ1n) is 6.48. The SMILES string of the molecule is CCCC1NC(=O)CCN(c2ccc(I)cc2)C1=O. The van der Waals surface area contributed by atoms with Crippen molar-refractivity contribution >= 4 is 40.1 Å². The first kappa shape index (κ1) is 14.3. The molecule has 1 aliphatic rings. The third-order valence-corrected chi connectivity index (χ3v) is 3.90. The Bertz CT molecular complexity index is 473. The van der Waals surface area contributed by atoms with Crippen molar-refractivity contribution in [2.24, 2.45) is 0 Å². The Morgan fingerprint density at radius 1 is 1.32 bits per heavy atom. The second kappa shape index (κ2) is 6.36. The highest BCUT2D eigenvalue weighted by molar-refractivity contribution is 14.1. The summed E-state index contributed by atoms with van der Waals surface area (Å²) < 4.78 is 1.13. The topological polar surface area (TPSA) is 49.4 Å². The summed E-state index contributed by atoms with van der Waals surface area (Å²) in [5, 5.41) is 2.81. The maximum absolute atomic E-state index is 12.5. The number of nitrogens with zero attached hydrogens (tertiary/aromatic N) is 1. The minimum Gasteiger partial charge on any atom is -0.344 e. The van der Waals surface area contributed by atoms with Gasteiger partial charge in [-0.25, -0.2) is 0 Å². The smallest absolute Gasteiger partial charge is 0.249 e. The quantitative estimate of drug-likeness (QED) is 0.828. The van der Waals surface area contributed by atoms with Crippen molar-refractivity contribution in [1.29, 1.82) is 0 Å². The number of anilines is 1. The lowest BCUT2D eigenvalue weighted by molar-refractivity contribution is -0.125. The Hall–Kier alpha value is -1.11. The van der Waals surface area contributed by atoms with Gasteiger partial charge in [-0.15, -0.1) is 0 Å². The van der Waals surface area contributed by atoms with Gasteiger partial charge in [0.2, 0.25) is 11.8 Å². The Morgan fingerprint density at radius 3 is 2.63 bits per heavy atom. The number of hydrogen-bond acceptors (Lipinski definition) is 2. The lowest BCUT2D eigenvalue weighted by Gasteiger charge is -2.24. The molecule has 0 bridgehead atoms. The van der Waals surface area contributed by atoms with E-state index in [2.05, 4.69) is 27.9 Å². The fraction of sp³-hybridized carbons (Fsp3) is 0.429. The van der Waals surface area contributed by atoms with Crippen LogP contribution in [0.4, 0.5) is 5.69 Å². The molecule has 1 aromatic carbocycles. The molecule has 0 saturated carbocycles. The molecule has 5 heteroatoms. The summed E-state index contributed by atoms with van der Waals surface area (Å²) >= 11 is 2.23. The lowest BCUT2D eigenvalue weighted by Crippen LogP contribution is -2.44. The molecule has 1 heterocycles. The van der Waals surface area contributed by atoms with Crippen LogP contribution < -0.4 is 10.2 Å². The van der Waals surface area contributed by atoms with Crippen LogP contribution in [-0.4, -0.2) is 24.4 Å². The molecule has 1 atom stereocenters. The summed E-state index contributed by atoms with van der Waals surface area (Å²) in [4.78, 5) is 25.8. The normalized spacial score (nSPS) is 20.1. The van der Waals surface area contributed by atoms with Gasteiger partial charge in [0.05, 0.1) is 0 Å². The summed E-state index contributed by atoms with van der Waals surface area (Å²) in [6.45, 7) is 2.46. The first-order valence-corrected chi connectivity index (χ1v) is 7.56. The number of amides is 2. The summed E-state index contributed by atoms with van der Waals surface area (Å²) in [5.74, 6) is -0.0475. The average Bonchev–Trinajstić information content (AvgIpc) is 2.52. The molecule has 0 spiro atoms. The molecule has 0 aromatic heterocycles. The van der Waals surface area contributed by atoms with E-state index in [-0.39, 0.29) is 17.9 Å². The van der Waals surface area contributed by atoms with Crippen molar-refractivity contribution in [3.05, 3.63) is 27.8 Å². The fourth-order valence-corrected chi connectivity index (χ4v) is 2.56. The van der Waals surface area contributed by atoms with E-state index in [4.69, 9.17) is 0 Å². The zero-order valence-corrected chi connectivity index (χ0v) is 13.0. The monoisotopic (exact) mass is 372 g/mol. The predicted molar refractivity (Wildman–Crippen MR) is 83.0 cm³/mol. The largest absolute Gasteiger partial charge is 0.344 e. The minimum absolute atomic E-state index is 0.00564. The van der Waals surface area contributed by atoms with Crippen molar-refractivity contribution in [3.63, 3.8) is 0 Å². The van der Waals surface area contributed by atoms with Gasteiger partial charge in [-0.1, -0.05) is 13.3 Å². The van der Waals surface area contributed by atoms with Gasteiger partial charge in [0.1, 0.15) is 6.04 Å². The molecule has 0 aliphatic carbocycles. The van der Waals surface area contributed by atoms with Gasteiger partial charge in [-0.3, -0.25) is 9.59 Å². The summed E-state index contributed by atoms with van der Waals surface area (Å²) in [7, 11) is 0. The van der Waals surface area contributed by atoms with Crippen LogP contribution in [0.1, 0.15) is 26.2 Å². The third-order valence-electron chi connectivity index (χ3n) is 3.18. The number of carbonyl (C=O) groups is 2. The van der Waals surface area contributed by atoms with Crippen molar-refractivity contribution in [1.82, 2.24) is 5.32 Å². The first-order chi connectivity index (χ1) is 9.11. The Balaban J connectivity index is 2.25. The maximum Gasteiger partial charge on any atom is 0.249 e. The van der Waals surface area contributed by atoms with E-state index in [0.717, 1.165) is 15.7 Å².